The molecule has 3 unspecified atom stereocenters. The first-order valence-electron chi connectivity index (χ1n) is 11.9. The third-order valence-electron chi connectivity index (χ3n) is 7.60. The summed E-state index contributed by atoms with van der Waals surface area (Å²) >= 11 is 0. The molecule has 0 fully saturated rings. The van der Waals surface area contributed by atoms with E-state index in [2.05, 4.69) is 11.1 Å². The summed E-state index contributed by atoms with van der Waals surface area (Å²) in [5.74, 6) is 0.374. The number of aliphatic hydroxyl groups excluding tert-OH is 1. The second kappa shape index (κ2) is 8.28. The minimum Gasteiger partial charge on any atom is -0.511 e. The summed E-state index contributed by atoms with van der Waals surface area (Å²) in [5.41, 5.74) is 4.93. The lowest BCUT2D eigenvalue weighted by molar-refractivity contribution is 0.198. The zero-order valence-electron chi connectivity index (χ0n) is 19.2. The Hall–Kier alpha value is -4.11. The van der Waals surface area contributed by atoms with E-state index in [1.54, 1.807) is 18.3 Å². The van der Waals surface area contributed by atoms with Crippen molar-refractivity contribution in [2.45, 2.75) is 32.1 Å². The maximum atomic E-state index is 15.0. The Morgan fingerprint density at radius 2 is 1.83 bits per heavy atom. The van der Waals surface area contributed by atoms with Gasteiger partial charge in [-0.15, -0.1) is 0 Å². The zero-order chi connectivity index (χ0) is 24.1. The quantitative estimate of drug-likeness (QED) is 0.367. The highest BCUT2D eigenvalue weighted by atomic mass is 19.1. The van der Waals surface area contributed by atoms with Crippen molar-refractivity contribution < 1.29 is 9.50 Å². The fourth-order valence-electron chi connectivity index (χ4n) is 5.81. The molecule has 35 heavy (non-hydrogen) atoms. The summed E-state index contributed by atoms with van der Waals surface area (Å²) < 4.78 is 15.0. The number of halogens is 1. The van der Waals surface area contributed by atoms with Crippen molar-refractivity contribution in [3.8, 4) is 28.7 Å². The van der Waals surface area contributed by atoms with E-state index in [1.807, 2.05) is 43.3 Å². The van der Waals surface area contributed by atoms with Crippen LogP contribution in [0.2, 0.25) is 0 Å². The number of para-hydroxylation sites is 1. The van der Waals surface area contributed by atoms with E-state index >= 15 is 4.39 Å². The van der Waals surface area contributed by atoms with Crippen LogP contribution in [0.3, 0.4) is 0 Å². The van der Waals surface area contributed by atoms with Gasteiger partial charge in [-0.25, -0.2) is 14.4 Å². The average molecular weight is 463 g/mol. The molecule has 2 aromatic carbocycles. The Balaban J connectivity index is 1.63. The molecule has 172 valence electrons. The highest BCUT2D eigenvalue weighted by Crippen LogP contribution is 2.50. The molecule has 0 saturated heterocycles. The third kappa shape index (κ3) is 3.38. The van der Waals surface area contributed by atoms with Crippen molar-refractivity contribution >= 4 is 10.9 Å². The first-order valence-corrected chi connectivity index (χ1v) is 11.9. The second-order valence-corrected chi connectivity index (χ2v) is 9.39. The molecule has 0 aliphatic heterocycles. The van der Waals surface area contributed by atoms with Crippen LogP contribution in [0.1, 0.15) is 36.9 Å². The van der Waals surface area contributed by atoms with Gasteiger partial charge in [-0.05, 0) is 49.4 Å². The van der Waals surface area contributed by atoms with Crippen molar-refractivity contribution in [3.05, 3.63) is 89.2 Å². The van der Waals surface area contributed by atoms with Crippen LogP contribution in [-0.4, -0.2) is 20.1 Å². The molecule has 1 N–H and O–H groups in total. The van der Waals surface area contributed by atoms with Gasteiger partial charge in [0, 0.05) is 40.1 Å². The molecule has 3 atom stereocenters. The first kappa shape index (κ1) is 21.4. The minimum absolute atomic E-state index is 0.0420. The fraction of sp³-hybridized carbons (Fsp3) is 0.241. The van der Waals surface area contributed by atoms with Gasteiger partial charge in [0.05, 0.1) is 28.5 Å². The number of benzene rings is 2. The Morgan fingerprint density at radius 3 is 2.66 bits per heavy atom. The average Bonchev–Trinajstić information content (AvgIpc) is 2.90. The van der Waals surface area contributed by atoms with Crippen LogP contribution in [0.25, 0.3) is 33.5 Å². The number of nitriles is 1. The van der Waals surface area contributed by atoms with Crippen LogP contribution in [-0.2, 0) is 6.42 Å². The van der Waals surface area contributed by atoms with E-state index in [9.17, 15) is 10.4 Å². The predicted molar refractivity (Wildman–Crippen MR) is 132 cm³/mol. The number of pyridine rings is 1. The molecule has 0 radical (unpaired) electrons. The van der Waals surface area contributed by atoms with Gasteiger partial charge in [0.2, 0.25) is 0 Å². The van der Waals surface area contributed by atoms with E-state index < -0.39 is 0 Å². The van der Waals surface area contributed by atoms with E-state index in [0.29, 0.717) is 35.5 Å². The van der Waals surface area contributed by atoms with Crippen molar-refractivity contribution in [3.63, 3.8) is 0 Å². The normalized spacial score (nSPS) is 21.3. The monoisotopic (exact) mass is 462 g/mol. The molecular formula is C29H23FN4O. The van der Waals surface area contributed by atoms with E-state index in [4.69, 9.17) is 9.97 Å². The Bertz CT molecular complexity index is 1550. The van der Waals surface area contributed by atoms with E-state index in [-0.39, 0.29) is 29.3 Å². The second-order valence-electron chi connectivity index (χ2n) is 9.39. The number of rotatable bonds is 2. The first-order chi connectivity index (χ1) is 17.1. The lowest BCUT2D eigenvalue weighted by atomic mass is 9.65. The van der Waals surface area contributed by atoms with Gasteiger partial charge in [0.15, 0.2) is 5.82 Å². The van der Waals surface area contributed by atoms with Crippen LogP contribution in [0, 0.1) is 29.0 Å². The van der Waals surface area contributed by atoms with Gasteiger partial charge in [-0.3, -0.25) is 4.98 Å². The molecule has 2 aliphatic rings. The molecule has 0 spiro atoms. The lowest BCUT2D eigenvalue weighted by Gasteiger charge is -2.40. The smallest absolute Gasteiger partial charge is 0.160 e. The van der Waals surface area contributed by atoms with Crippen molar-refractivity contribution in [1.29, 1.82) is 5.26 Å². The van der Waals surface area contributed by atoms with Crippen LogP contribution < -0.4 is 0 Å². The number of aliphatic hydroxyl groups is 1. The molecule has 4 aromatic rings. The minimum atomic E-state index is -0.326. The molecule has 6 rings (SSSR count). The van der Waals surface area contributed by atoms with Crippen LogP contribution in [0.15, 0.2) is 72.1 Å². The van der Waals surface area contributed by atoms with Crippen LogP contribution >= 0.6 is 0 Å². The molecule has 0 saturated carbocycles. The van der Waals surface area contributed by atoms with Crippen molar-refractivity contribution in [1.82, 2.24) is 15.0 Å². The van der Waals surface area contributed by atoms with Crippen molar-refractivity contribution in [2.24, 2.45) is 11.8 Å². The molecule has 6 heteroatoms. The summed E-state index contributed by atoms with van der Waals surface area (Å²) in [6.45, 7) is 1.98. The maximum absolute atomic E-state index is 15.0. The molecule has 5 nitrogen and oxygen atoms in total. The standard InChI is InChI=1S/C29H23FN4O/c1-16-18-10-11-22-26(21-7-2-4-8-24(21)30)33-29(20-12-13-32-25-9-5-3-6-19(20)25)34-27(22)23(18)14-17(15-31)28(16)35/h2-9,12-13,16,18,23,35H,10-11,14H2,1H3. The highest BCUT2D eigenvalue weighted by molar-refractivity contribution is 5.92. The number of allylic oxidation sites excluding steroid dienone is 2. The summed E-state index contributed by atoms with van der Waals surface area (Å²) in [6.07, 6.45) is 3.68. The summed E-state index contributed by atoms with van der Waals surface area (Å²) in [5, 5.41) is 21.2. The largest absolute Gasteiger partial charge is 0.511 e. The van der Waals surface area contributed by atoms with Crippen molar-refractivity contribution in [2.75, 3.05) is 0 Å². The summed E-state index contributed by atoms with van der Waals surface area (Å²) in [6, 6.07) is 18.6. The molecule has 2 aliphatic carbocycles. The molecule has 0 amide bonds. The Kier molecular flexibility index (Phi) is 5.07. The molecule has 2 heterocycles. The number of hydrogen-bond acceptors (Lipinski definition) is 5. The SMILES string of the molecule is CC1C(O)=C(C#N)CC2c3nc(-c4ccnc5ccccc45)nc(-c4ccccc4F)c3CCC12. The Morgan fingerprint density at radius 1 is 1.03 bits per heavy atom. The molecular weight excluding hydrogens is 439 g/mol. The number of nitrogens with zero attached hydrogens (tertiary/aromatic N) is 4. The number of hydrogen-bond donors (Lipinski definition) is 1. The summed E-state index contributed by atoms with van der Waals surface area (Å²) in [4.78, 5) is 14.5. The lowest BCUT2D eigenvalue weighted by Crippen LogP contribution is -2.33. The highest BCUT2D eigenvalue weighted by Gasteiger charge is 2.42. The van der Waals surface area contributed by atoms with Gasteiger partial charge >= 0.3 is 0 Å². The summed E-state index contributed by atoms with van der Waals surface area (Å²) in [7, 11) is 0. The number of aromatic nitrogens is 3. The third-order valence-corrected chi connectivity index (χ3v) is 7.60. The zero-order valence-corrected chi connectivity index (χ0v) is 19.2. The molecule has 0 bridgehead atoms. The van der Waals surface area contributed by atoms with Gasteiger partial charge < -0.3 is 5.11 Å². The molecule has 2 aromatic heterocycles. The topological polar surface area (TPSA) is 82.7 Å². The number of fused-ring (bicyclic) bond motifs is 4. The van der Waals surface area contributed by atoms with E-state index in [1.165, 1.54) is 6.07 Å². The van der Waals surface area contributed by atoms with Gasteiger partial charge in [0.25, 0.3) is 0 Å². The van der Waals surface area contributed by atoms with E-state index in [0.717, 1.165) is 34.1 Å². The van der Waals surface area contributed by atoms with Crippen LogP contribution in [0.4, 0.5) is 4.39 Å². The van der Waals surface area contributed by atoms with Gasteiger partial charge in [-0.1, -0.05) is 37.3 Å². The van der Waals surface area contributed by atoms with Gasteiger partial charge in [-0.2, -0.15) is 5.26 Å². The Labute approximate surface area is 202 Å². The maximum Gasteiger partial charge on any atom is 0.160 e. The van der Waals surface area contributed by atoms with Crippen LogP contribution in [0.5, 0.6) is 0 Å². The fourth-order valence-corrected chi connectivity index (χ4v) is 5.81. The predicted octanol–water partition coefficient (Wildman–Crippen LogP) is 6.52. The van der Waals surface area contributed by atoms with Gasteiger partial charge in [0.1, 0.15) is 11.6 Å².